The maximum absolute atomic E-state index is 4.21. The molecule has 0 bridgehead atoms. The van der Waals surface area contributed by atoms with E-state index in [1.807, 2.05) is 19.3 Å². The van der Waals surface area contributed by atoms with Crippen molar-refractivity contribution in [3.05, 3.63) is 18.2 Å². The van der Waals surface area contributed by atoms with E-state index in [0.29, 0.717) is 0 Å². The first-order valence-corrected chi connectivity index (χ1v) is 6.70. The fourth-order valence-electron chi connectivity index (χ4n) is 1.72. The van der Waals surface area contributed by atoms with Gasteiger partial charge in [0.15, 0.2) is 5.96 Å². The Balaban J connectivity index is 0.00000324. The molecule has 110 valence electrons. The number of aliphatic imine (C=N–C) groups is 1. The van der Waals surface area contributed by atoms with Gasteiger partial charge in [-0.3, -0.25) is 4.99 Å². The molecule has 0 aliphatic heterocycles. The standard InChI is InChI=1S/C13H25N5.HI/c1-4-7-16-13(14-3)17-8-5-6-10-18-11-9-15-12(18)2;/h9,11H,4-8,10H2,1-3H3,(H2,14,16,17);1H. The van der Waals surface area contributed by atoms with Crippen LogP contribution >= 0.6 is 24.0 Å². The monoisotopic (exact) mass is 379 g/mol. The van der Waals surface area contributed by atoms with E-state index >= 15 is 0 Å². The Kier molecular flexibility index (Phi) is 10.6. The molecule has 0 radical (unpaired) electrons. The van der Waals surface area contributed by atoms with Gasteiger partial charge in [-0.15, -0.1) is 24.0 Å². The van der Waals surface area contributed by atoms with Gasteiger partial charge in [-0.1, -0.05) is 6.92 Å². The summed E-state index contributed by atoms with van der Waals surface area (Å²) in [4.78, 5) is 8.38. The molecule has 19 heavy (non-hydrogen) atoms. The van der Waals surface area contributed by atoms with Crippen molar-refractivity contribution < 1.29 is 0 Å². The average Bonchev–Trinajstić information content (AvgIpc) is 2.78. The zero-order valence-electron chi connectivity index (χ0n) is 12.1. The summed E-state index contributed by atoms with van der Waals surface area (Å²) in [5.41, 5.74) is 0. The zero-order valence-corrected chi connectivity index (χ0v) is 14.5. The molecule has 0 amide bonds. The van der Waals surface area contributed by atoms with E-state index in [-0.39, 0.29) is 24.0 Å². The number of aryl methyl sites for hydroxylation is 2. The topological polar surface area (TPSA) is 54.2 Å². The number of imidazole rings is 1. The van der Waals surface area contributed by atoms with Gasteiger partial charge in [0.2, 0.25) is 0 Å². The van der Waals surface area contributed by atoms with Crippen molar-refractivity contribution in [2.75, 3.05) is 20.1 Å². The first-order chi connectivity index (χ1) is 8.77. The van der Waals surface area contributed by atoms with Crippen molar-refractivity contribution in [2.45, 2.75) is 39.7 Å². The molecule has 0 aliphatic rings. The Morgan fingerprint density at radius 1 is 1.32 bits per heavy atom. The van der Waals surface area contributed by atoms with Crippen LogP contribution in [0.4, 0.5) is 0 Å². The number of guanidine groups is 1. The molecule has 1 aromatic rings. The highest BCUT2D eigenvalue weighted by Crippen LogP contribution is 1.99. The fourth-order valence-corrected chi connectivity index (χ4v) is 1.72. The van der Waals surface area contributed by atoms with E-state index in [0.717, 1.165) is 50.7 Å². The molecule has 0 saturated carbocycles. The van der Waals surface area contributed by atoms with Crippen molar-refractivity contribution in [1.82, 2.24) is 20.2 Å². The number of unbranched alkanes of at least 4 members (excludes halogenated alkanes) is 1. The molecular weight excluding hydrogens is 353 g/mol. The van der Waals surface area contributed by atoms with Crippen molar-refractivity contribution in [1.29, 1.82) is 0 Å². The van der Waals surface area contributed by atoms with Crippen LogP contribution in [0.2, 0.25) is 0 Å². The number of hydrogen-bond donors (Lipinski definition) is 2. The molecule has 0 saturated heterocycles. The van der Waals surface area contributed by atoms with E-state index < -0.39 is 0 Å². The van der Waals surface area contributed by atoms with Gasteiger partial charge in [0.25, 0.3) is 0 Å². The normalized spacial score (nSPS) is 11.0. The minimum Gasteiger partial charge on any atom is -0.356 e. The Morgan fingerprint density at radius 2 is 2.05 bits per heavy atom. The van der Waals surface area contributed by atoms with Crippen LogP contribution in [0.25, 0.3) is 0 Å². The fraction of sp³-hybridized carbons (Fsp3) is 0.692. The maximum Gasteiger partial charge on any atom is 0.190 e. The average molecular weight is 379 g/mol. The highest BCUT2D eigenvalue weighted by atomic mass is 127. The highest BCUT2D eigenvalue weighted by molar-refractivity contribution is 14.0. The van der Waals surface area contributed by atoms with Crippen LogP contribution in [-0.4, -0.2) is 35.6 Å². The summed E-state index contributed by atoms with van der Waals surface area (Å²) in [6, 6.07) is 0. The lowest BCUT2D eigenvalue weighted by atomic mass is 10.3. The van der Waals surface area contributed by atoms with Crippen LogP contribution in [-0.2, 0) is 6.54 Å². The SMILES string of the molecule is CCCNC(=NC)NCCCCn1ccnc1C.I. The number of nitrogens with one attached hydrogen (secondary N) is 2. The van der Waals surface area contributed by atoms with Gasteiger partial charge in [-0.25, -0.2) is 4.98 Å². The molecule has 0 atom stereocenters. The minimum absolute atomic E-state index is 0. The predicted molar refractivity (Wildman–Crippen MR) is 91.3 cm³/mol. The van der Waals surface area contributed by atoms with Crippen molar-refractivity contribution in [3.8, 4) is 0 Å². The Hall–Kier alpha value is -0.790. The zero-order chi connectivity index (χ0) is 13.2. The van der Waals surface area contributed by atoms with E-state index in [1.54, 1.807) is 7.05 Å². The van der Waals surface area contributed by atoms with Crippen LogP contribution in [0.1, 0.15) is 32.0 Å². The molecule has 6 heteroatoms. The Labute approximate surface area is 133 Å². The first-order valence-electron chi connectivity index (χ1n) is 6.70. The summed E-state index contributed by atoms with van der Waals surface area (Å²) < 4.78 is 2.18. The van der Waals surface area contributed by atoms with Crippen LogP contribution in [0, 0.1) is 6.92 Å². The van der Waals surface area contributed by atoms with Gasteiger partial charge >= 0.3 is 0 Å². The number of aromatic nitrogens is 2. The van der Waals surface area contributed by atoms with Crippen LogP contribution in [0.5, 0.6) is 0 Å². The molecular formula is C13H26IN5. The lowest BCUT2D eigenvalue weighted by Crippen LogP contribution is -2.38. The minimum atomic E-state index is 0. The summed E-state index contributed by atoms with van der Waals surface area (Å²) >= 11 is 0. The van der Waals surface area contributed by atoms with Gasteiger partial charge in [-0.2, -0.15) is 0 Å². The highest BCUT2D eigenvalue weighted by Gasteiger charge is 1.97. The summed E-state index contributed by atoms with van der Waals surface area (Å²) in [7, 11) is 1.81. The Bertz CT molecular complexity index is 362. The smallest absolute Gasteiger partial charge is 0.190 e. The van der Waals surface area contributed by atoms with Gasteiger partial charge in [0.05, 0.1) is 0 Å². The van der Waals surface area contributed by atoms with Gasteiger partial charge in [0, 0.05) is 39.1 Å². The maximum atomic E-state index is 4.21. The summed E-state index contributed by atoms with van der Waals surface area (Å²) in [6.45, 7) is 7.14. The second-order valence-corrected chi connectivity index (χ2v) is 4.30. The molecule has 2 N–H and O–H groups in total. The second-order valence-electron chi connectivity index (χ2n) is 4.30. The van der Waals surface area contributed by atoms with Crippen LogP contribution < -0.4 is 10.6 Å². The summed E-state index contributed by atoms with van der Waals surface area (Å²) in [5, 5.41) is 6.57. The number of nitrogens with zero attached hydrogens (tertiary/aromatic N) is 3. The van der Waals surface area contributed by atoms with Gasteiger partial charge in [0.1, 0.15) is 5.82 Å². The predicted octanol–water partition coefficient (Wildman–Crippen LogP) is 2.16. The largest absolute Gasteiger partial charge is 0.356 e. The third-order valence-corrected chi connectivity index (χ3v) is 2.81. The summed E-state index contributed by atoms with van der Waals surface area (Å²) in [6.07, 6.45) is 7.27. The van der Waals surface area contributed by atoms with E-state index in [9.17, 15) is 0 Å². The van der Waals surface area contributed by atoms with Gasteiger partial charge < -0.3 is 15.2 Å². The van der Waals surface area contributed by atoms with Crippen molar-refractivity contribution in [3.63, 3.8) is 0 Å². The number of halogens is 1. The molecule has 0 fully saturated rings. The van der Waals surface area contributed by atoms with Gasteiger partial charge in [-0.05, 0) is 26.2 Å². The Morgan fingerprint density at radius 3 is 2.63 bits per heavy atom. The second kappa shape index (κ2) is 11.1. The quantitative estimate of drug-likeness (QED) is 0.331. The van der Waals surface area contributed by atoms with Crippen molar-refractivity contribution in [2.24, 2.45) is 4.99 Å². The molecule has 1 aromatic heterocycles. The van der Waals surface area contributed by atoms with Crippen LogP contribution in [0.3, 0.4) is 0 Å². The lowest BCUT2D eigenvalue weighted by molar-refractivity contribution is 0.588. The molecule has 0 aromatic carbocycles. The number of hydrogen-bond acceptors (Lipinski definition) is 2. The molecule has 0 aliphatic carbocycles. The van der Waals surface area contributed by atoms with Crippen LogP contribution in [0.15, 0.2) is 17.4 Å². The molecule has 5 nitrogen and oxygen atoms in total. The third kappa shape index (κ3) is 7.39. The summed E-state index contributed by atoms with van der Waals surface area (Å²) in [5.74, 6) is 1.99. The third-order valence-electron chi connectivity index (χ3n) is 2.81. The molecule has 0 unspecified atom stereocenters. The van der Waals surface area contributed by atoms with Crippen molar-refractivity contribution >= 4 is 29.9 Å². The van der Waals surface area contributed by atoms with E-state index in [1.165, 1.54) is 0 Å². The molecule has 1 heterocycles. The van der Waals surface area contributed by atoms with E-state index in [4.69, 9.17) is 0 Å². The molecule has 1 rings (SSSR count). The number of rotatable bonds is 7. The molecule has 0 spiro atoms. The van der Waals surface area contributed by atoms with E-state index in [2.05, 4.69) is 32.1 Å². The first kappa shape index (κ1) is 18.2. The lowest BCUT2D eigenvalue weighted by Gasteiger charge is -2.11.